The number of carbonyl (C=O) groups is 2. The minimum Gasteiger partial charge on any atom is -0.372 e. The van der Waals surface area contributed by atoms with E-state index in [1.54, 1.807) is 0 Å². The lowest BCUT2D eigenvalue weighted by molar-refractivity contribution is -0.125. The zero-order valence-corrected chi connectivity index (χ0v) is 16.2. The molecule has 26 heavy (non-hydrogen) atoms. The van der Waals surface area contributed by atoms with Gasteiger partial charge in [-0.3, -0.25) is 9.59 Å². The van der Waals surface area contributed by atoms with Crippen molar-refractivity contribution >= 4 is 23.2 Å². The van der Waals surface area contributed by atoms with Crippen molar-refractivity contribution < 1.29 is 9.59 Å². The second-order valence-corrected chi connectivity index (χ2v) is 7.60. The summed E-state index contributed by atoms with van der Waals surface area (Å²) in [5.74, 6) is -0.301. The maximum absolute atomic E-state index is 12.5. The summed E-state index contributed by atoms with van der Waals surface area (Å²) in [5.41, 5.74) is 3.06. The molecule has 5 heteroatoms. The van der Waals surface area contributed by atoms with Crippen LogP contribution in [0.1, 0.15) is 51.5 Å². The lowest BCUT2D eigenvalue weighted by Gasteiger charge is -2.22. The van der Waals surface area contributed by atoms with Crippen molar-refractivity contribution in [2.45, 2.75) is 58.9 Å². The lowest BCUT2D eigenvalue weighted by atomic mass is 10.1. The first-order valence-electron chi connectivity index (χ1n) is 10.00. The van der Waals surface area contributed by atoms with E-state index >= 15 is 0 Å². The Morgan fingerprint density at radius 1 is 1.08 bits per heavy atom. The van der Waals surface area contributed by atoms with Gasteiger partial charge < -0.3 is 15.5 Å². The summed E-state index contributed by atoms with van der Waals surface area (Å²) in [7, 11) is 0. The van der Waals surface area contributed by atoms with E-state index in [-0.39, 0.29) is 23.7 Å². The molecular formula is C21H31N3O2. The molecule has 2 aliphatic rings. The summed E-state index contributed by atoms with van der Waals surface area (Å²) in [6.45, 7) is 8.21. The van der Waals surface area contributed by atoms with Crippen molar-refractivity contribution in [2.75, 3.05) is 23.3 Å². The largest absolute Gasteiger partial charge is 0.372 e. The standard InChI is InChI=1S/C21H31N3O2/c1-4-24(5-2)16-10-11-19(14(3)12-16)23-21(26)18-13-17(18)20(25)22-15-8-6-7-9-15/h10-12,15,17-18H,4-9,13H2,1-3H3,(H,22,25)(H,23,26). The van der Waals surface area contributed by atoms with Crippen LogP contribution >= 0.6 is 0 Å². The third kappa shape index (κ3) is 4.19. The first kappa shape index (κ1) is 18.7. The highest BCUT2D eigenvalue weighted by atomic mass is 16.2. The Kier molecular flexibility index (Phi) is 5.84. The van der Waals surface area contributed by atoms with E-state index in [1.165, 1.54) is 18.5 Å². The summed E-state index contributed by atoms with van der Waals surface area (Å²) in [4.78, 5) is 27.1. The number of hydrogen-bond acceptors (Lipinski definition) is 3. The second kappa shape index (κ2) is 8.11. The maximum atomic E-state index is 12.5. The van der Waals surface area contributed by atoms with E-state index in [9.17, 15) is 9.59 Å². The van der Waals surface area contributed by atoms with Crippen molar-refractivity contribution in [1.82, 2.24) is 5.32 Å². The molecule has 0 saturated heterocycles. The number of hydrogen-bond donors (Lipinski definition) is 2. The number of aryl methyl sites for hydroxylation is 1. The predicted octanol–water partition coefficient (Wildman–Crippen LogP) is 3.47. The van der Waals surface area contributed by atoms with Gasteiger partial charge in [-0.15, -0.1) is 0 Å². The summed E-state index contributed by atoms with van der Waals surface area (Å²) >= 11 is 0. The zero-order valence-electron chi connectivity index (χ0n) is 16.2. The normalized spacial score (nSPS) is 22.1. The molecule has 0 aliphatic heterocycles. The van der Waals surface area contributed by atoms with Gasteiger partial charge in [0.1, 0.15) is 0 Å². The van der Waals surface area contributed by atoms with Gasteiger partial charge in [0.05, 0.1) is 11.8 Å². The predicted molar refractivity (Wildman–Crippen MR) is 105 cm³/mol. The maximum Gasteiger partial charge on any atom is 0.228 e. The molecule has 2 N–H and O–H groups in total. The first-order chi connectivity index (χ1) is 12.5. The second-order valence-electron chi connectivity index (χ2n) is 7.60. The molecule has 0 heterocycles. The first-order valence-corrected chi connectivity index (χ1v) is 10.00. The molecule has 3 rings (SSSR count). The lowest BCUT2D eigenvalue weighted by Crippen LogP contribution is -2.34. The molecule has 2 unspecified atom stereocenters. The molecule has 1 aromatic carbocycles. The average Bonchev–Trinajstić information content (AvgIpc) is 3.28. The van der Waals surface area contributed by atoms with Crippen molar-refractivity contribution in [3.63, 3.8) is 0 Å². The number of nitrogens with one attached hydrogen (secondary N) is 2. The average molecular weight is 357 g/mol. The van der Waals surface area contributed by atoms with Crippen LogP contribution in [0.2, 0.25) is 0 Å². The summed E-state index contributed by atoms with van der Waals surface area (Å²) < 4.78 is 0. The minimum absolute atomic E-state index is 0.0322. The van der Waals surface area contributed by atoms with Crippen molar-refractivity contribution in [3.8, 4) is 0 Å². The fraction of sp³-hybridized carbons (Fsp3) is 0.619. The third-order valence-corrected chi connectivity index (χ3v) is 5.76. The van der Waals surface area contributed by atoms with Crippen LogP contribution in [-0.4, -0.2) is 30.9 Å². The van der Waals surface area contributed by atoms with Gasteiger partial charge in [-0.25, -0.2) is 0 Å². The van der Waals surface area contributed by atoms with Crippen molar-refractivity contribution in [2.24, 2.45) is 11.8 Å². The van der Waals surface area contributed by atoms with Crippen LogP contribution in [0.4, 0.5) is 11.4 Å². The number of nitrogens with zero attached hydrogens (tertiary/aromatic N) is 1. The zero-order chi connectivity index (χ0) is 18.7. The molecule has 2 aliphatic carbocycles. The van der Waals surface area contributed by atoms with Gasteiger partial charge in [-0.1, -0.05) is 12.8 Å². The Labute approximate surface area is 156 Å². The topological polar surface area (TPSA) is 61.4 Å². The third-order valence-electron chi connectivity index (χ3n) is 5.76. The minimum atomic E-state index is -0.182. The summed E-state index contributed by atoms with van der Waals surface area (Å²) in [6.07, 6.45) is 5.21. The highest BCUT2D eigenvalue weighted by Gasteiger charge is 2.48. The van der Waals surface area contributed by atoms with Crippen LogP contribution in [-0.2, 0) is 9.59 Å². The highest BCUT2D eigenvalue weighted by molar-refractivity contribution is 6.00. The quantitative estimate of drug-likeness (QED) is 0.785. The van der Waals surface area contributed by atoms with E-state index in [2.05, 4.69) is 35.4 Å². The van der Waals surface area contributed by atoms with Gasteiger partial charge in [0, 0.05) is 30.5 Å². The Bertz CT molecular complexity index is 663. The molecule has 2 saturated carbocycles. The number of carbonyl (C=O) groups excluding carboxylic acids is 2. The molecule has 0 bridgehead atoms. The van der Waals surface area contributed by atoms with E-state index in [4.69, 9.17) is 0 Å². The highest BCUT2D eigenvalue weighted by Crippen LogP contribution is 2.40. The van der Waals surface area contributed by atoms with Crippen LogP contribution in [0, 0.1) is 18.8 Å². The fourth-order valence-corrected chi connectivity index (χ4v) is 3.95. The van der Waals surface area contributed by atoms with Crippen LogP contribution in [0.5, 0.6) is 0 Å². The summed E-state index contributed by atoms with van der Waals surface area (Å²) in [5, 5.41) is 6.12. The molecule has 2 fully saturated rings. The van der Waals surface area contributed by atoms with Crippen molar-refractivity contribution in [3.05, 3.63) is 23.8 Å². The molecule has 2 amide bonds. The molecule has 0 radical (unpaired) electrons. The van der Waals surface area contributed by atoms with E-state index in [0.29, 0.717) is 12.5 Å². The number of amides is 2. The smallest absolute Gasteiger partial charge is 0.228 e. The molecule has 1 aromatic rings. The molecule has 0 aromatic heterocycles. The van der Waals surface area contributed by atoms with Gasteiger partial charge >= 0.3 is 0 Å². The van der Waals surface area contributed by atoms with Gasteiger partial charge in [-0.05, 0) is 63.8 Å². The van der Waals surface area contributed by atoms with Gasteiger partial charge in [0.25, 0.3) is 0 Å². The van der Waals surface area contributed by atoms with E-state index < -0.39 is 0 Å². The number of benzene rings is 1. The van der Waals surface area contributed by atoms with Crippen LogP contribution in [0.15, 0.2) is 18.2 Å². The molecular weight excluding hydrogens is 326 g/mol. The van der Waals surface area contributed by atoms with E-state index in [1.807, 2.05) is 19.1 Å². The van der Waals surface area contributed by atoms with Crippen LogP contribution in [0.25, 0.3) is 0 Å². The molecule has 2 atom stereocenters. The monoisotopic (exact) mass is 357 g/mol. The van der Waals surface area contributed by atoms with Crippen molar-refractivity contribution in [1.29, 1.82) is 0 Å². The Morgan fingerprint density at radius 2 is 1.73 bits per heavy atom. The molecule has 5 nitrogen and oxygen atoms in total. The van der Waals surface area contributed by atoms with Crippen LogP contribution in [0.3, 0.4) is 0 Å². The molecule has 0 spiro atoms. The Balaban J connectivity index is 1.54. The fourth-order valence-electron chi connectivity index (χ4n) is 3.95. The SMILES string of the molecule is CCN(CC)c1ccc(NC(=O)C2CC2C(=O)NC2CCCC2)c(C)c1. The summed E-state index contributed by atoms with van der Waals surface area (Å²) in [6, 6.07) is 6.45. The van der Waals surface area contributed by atoms with Gasteiger partial charge in [-0.2, -0.15) is 0 Å². The Morgan fingerprint density at radius 3 is 2.35 bits per heavy atom. The van der Waals surface area contributed by atoms with E-state index in [0.717, 1.165) is 37.2 Å². The van der Waals surface area contributed by atoms with Gasteiger partial charge in [0.15, 0.2) is 0 Å². The van der Waals surface area contributed by atoms with Gasteiger partial charge in [0.2, 0.25) is 11.8 Å². The van der Waals surface area contributed by atoms with Crippen LogP contribution < -0.4 is 15.5 Å². The molecule has 142 valence electrons. The number of rotatable bonds is 7. The number of anilines is 2. The Hall–Kier alpha value is -2.04.